The molecule has 128 valence electrons. The molecule has 1 fully saturated rings. The zero-order valence-electron chi connectivity index (χ0n) is 11.9. The molecule has 0 amide bonds. The van der Waals surface area contributed by atoms with Crippen LogP contribution in [0.2, 0.25) is 0 Å². The highest BCUT2D eigenvalue weighted by atomic mass is 32.2. The average Bonchev–Trinajstić information content (AvgIpc) is 2.46. The van der Waals surface area contributed by atoms with Crippen molar-refractivity contribution in [2.75, 3.05) is 30.5 Å². The maximum Gasteiger partial charge on any atom is 0.383 e. The summed E-state index contributed by atoms with van der Waals surface area (Å²) in [5, 5.41) is 0. The molecule has 10 heteroatoms. The summed E-state index contributed by atoms with van der Waals surface area (Å²) >= 11 is 0. The summed E-state index contributed by atoms with van der Waals surface area (Å²) in [5.41, 5.74) is 0. The summed E-state index contributed by atoms with van der Waals surface area (Å²) in [6, 6.07) is 6.05. The molecule has 0 bridgehead atoms. The lowest BCUT2D eigenvalue weighted by Gasteiger charge is -2.17. The minimum atomic E-state index is -5.25. The molecule has 1 aliphatic rings. The Bertz CT molecular complexity index is 654. The number of esters is 1. The number of ether oxygens (including phenoxy) is 2. The van der Waals surface area contributed by atoms with Crippen LogP contribution in [0.25, 0.3) is 0 Å². The Morgan fingerprint density at radius 3 is 2.35 bits per heavy atom. The minimum absolute atomic E-state index is 0.00626. The van der Waals surface area contributed by atoms with Crippen molar-refractivity contribution in [3.63, 3.8) is 0 Å². The number of carbonyl (C=O) groups excluding carboxylic acids is 1. The Labute approximate surface area is 134 Å². The normalized spacial score (nSPS) is 17.0. The summed E-state index contributed by atoms with van der Waals surface area (Å²) in [5.74, 6) is -6.98. The predicted octanol–water partition coefficient (Wildman–Crippen LogP) is 0.780. The van der Waals surface area contributed by atoms with E-state index in [1.165, 1.54) is 12.1 Å². The Morgan fingerprint density at radius 1 is 1.26 bits per heavy atom. The van der Waals surface area contributed by atoms with Gasteiger partial charge >= 0.3 is 11.9 Å². The molecule has 2 rings (SSSR count). The Morgan fingerprint density at radius 2 is 1.83 bits per heavy atom. The maximum absolute atomic E-state index is 13.3. The summed E-state index contributed by atoms with van der Waals surface area (Å²) in [7, 11) is -5.25. The van der Waals surface area contributed by atoms with Gasteiger partial charge in [0, 0.05) is 10.9 Å². The lowest BCUT2D eigenvalue weighted by molar-refractivity contribution is -0.158. The van der Waals surface area contributed by atoms with Gasteiger partial charge in [-0.3, -0.25) is 0 Å². The largest absolute Gasteiger partial charge is 0.748 e. The summed E-state index contributed by atoms with van der Waals surface area (Å²) in [6.45, 7) is 1.32. The van der Waals surface area contributed by atoms with Crippen LogP contribution in [0.5, 0.6) is 5.75 Å². The van der Waals surface area contributed by atoms with Crippen LogP contribution in [-0.4, -0.2) is 55.3 Å². The van der Waals surface area contributed by atoms with Crippen LogP contribution in [0.3, 0.4) is 0 Å². The molecule has 0 unspecified atom stereocenters. The van der Waals surface area contributed by atoms with Crippen LogP contribution in [0.4, 0.5) is 8.78 Å². The quantitative estimate of drug-likeness (QED) is 0.330. The molecule has 0 radical (unpaired) electrons. The van der Waals surface area contributed by atoms with Crippen molar-refractivity contribution < 1.29 is 36.0 Å². The third kappa shape index (κ3) is 5.41. The number of halogens is 2. The van der Waals surface area contributed by atoms with Crippen molar-refractivity contribution in [1.29, 1.82) is 0 Å². The third-order valence-corrected chi connectivity index (χ3v) is 5.95. The topological polar surface area (TPSA) is 92.7 Å². The molecule has 1 aromatic rings. The van der Waals surface area contributed by atoms with E-state index in [2.05, 4.69) is 4.74 Å². The lowest BCUT2D eigenvalue weighted by Crippen LogP contribution is -2.39. The highest BCUT2D eigenvalue weighted by Gasteiger charge is 2.43. The zero-order valence-corrected chi connectivity index (χ0v) is 13.5. The van der Waals surface area contributed by atoms with Crippen LogP contribution in [0, 0.1) is 0 Å². The van der Waals surface area contributed by atoms with Crippen LogP contribution in [0.1, 0.15) is 0 Å². The number of alkyl halides is 2. The van der Waals surface area contributed by atoms with E-state index in [1.807, 2.05) is 0 Å². The Balaban J connectivity index is 2.01. The zero-order chi connectivity index (χ0) is 17.1. The van der Waals surface area contributed by atoms with Gasteiger partial charge in [-0.25, -0.2) is 13.2 Å². The van der Waals surface area contributed by atoms with Gasteiger partial charge in [0.05, 0.1) is 13.2 Å². The third-order valence-electron chi connectivity index (χ3n) is 2.97. The van der Waals surface area contributed by atoms with Gasteiger partial charge in [0.15, 0.2) is 4.90 Å². The van der Waals surface area contributed by atoms with Gasteiger partial charge < -0.3 is 14.0 Å². The molecule has 0 saturated carbocycles. The molecule has 6 nitrogen and oxygen atoms in total. The number of rotatable bonds is 5. The standard InChI is InChI=1S/C13H14F2O6S2/c14-13(15,9-23(17,18)19)12(16)21-10-1-3-11(4-2-10)22-7-5-20-6-8-22/h1-4H,5-9H2. The summed E-state index contributed by atoms with van der Waals surface area (Å²) < 4.78 is 67.4. The SMILES string of the molecule is O=C(Oc1ccc([S+]2CCOCC2)cc1)C(F)(F)CS(=O)(=O)[O-]. The molecule has 23 heavy (non-hydrogen) atoms. The Kier molecular flexibility index (Phi) is 5.61. The molecule has 0 atom stereocenters. The molecule has 1 saturated heterocycles. The number of hydrogen-bond acceptors (Lipinski definition) is 6. The van der Waals surface area contributed by atoms with Gasteiger partial charge in [-0.1, -0.05) is 0 Å². The second-order valence-electron chi connectivity index (χ2n) is 4.78. The van der Waals surface area contributed by atoms with Gasteiger partial charge in [-0.2, -0.15) is 8.78 Å². The fourth-order valence-corrected chi connectivity index (χ4v) is 4.32. The van der Waals surface area contributed by atoms with Gasteiger partial charge in [-0.05, 0) is 24.3 Å². The first-order valence-electron chi connectivity index (χ1n) is 6.56. The van der Waals surface area contributed by atoms with E-state index in [9.17, 15) is 26.5 Å². The molecule has 1 aromatic carbocycles. The van der Waals surface area contributed by atoms with Crippen molar-refractivity contribution >= 4 is 27.0 Å². The lowest BCUT2D eigenvalue weighted by atomic mass is 10.3. The second-order valence-corrected chi connectivity index (χ2v) is 8.46. The summed E-state index contributed by atoms with van der Waals surface area (Å²) in [6.07, 6.45) is 0. The van der Waals surface area contributed by atoms with E-state index in [0.717, 1.165) is 16.4 Å². The molecular weight excluding hydrogens is 354 g/mol. The highest BCUT2D eigenvalue weighted by molar-refractivity contribution is 7.97. The number of carbonyl (C=O) groups is 1. The first-order valence-corrected chi connectivity index (χ1v) is 9.70. The fourth-order valence-electron chi connectivity index (χ4n) is 1.92. The molecule has 0 aliphatic carbocycles. The minimum Gasteiger partial charge on any atom is -0.748 e. The second kappa shape index (κ2) is 7.12. The molecular formula is C13H14F2O6S2. The molecule has 0 aromatic heterocycles. The molecule has 0 N–H and O–H groups in total. The van der Waals surface area contributed by atoms with E-state index in [0.29, 0.717) is 13.2 Å². The van der Waals surface area contributed by atoms with Crippen LogP contribution in [0.15, 0.2) is 29.2 Å². The van der Waals surface area contributed by atoms with Gasteiger partial charge in [-0.15, -0.1) is 0 Å². The predicted molar refractivity (Wildman–Crippen MR) is 77.8 cm³/mol. The molecule has 0 spiro atoms. The van der Waals surface area contributed by atoms with E-state index in [1.54, 1.807) is 12.1 Å². The van der Waals surface area contributed by atoms with Crippen molar-refractivity contribution in [3.05, 3.63) is 24.3 Å². The average molecular weight is 368 g/mol. The summed E-state index contributed by atoms with van der Waals surface area (Å²) in [4.78, 5) is 12.3. The van der Waals surface area contributed by atoms with Crippen molar-refractivity contribution in [3.8, 4) is 5.75 Å². The van der Waals surface area contributed by atoms with Gasteiger partial charge in [0.1, 0.15) is 33.1 Å². The van der Waals surface area contributed by atoms with Crippen molar-refractivity contribution in [1.82, 2.24) is 0 Å². The van der Waals surface area contributed by atoms with Gasteiger partial charge in [0.25, 0.3) is 0 Å². The van der Waals surface area contributed by atoms with E-state index in [-0.39, 0.29) is 16.6 Å². The monoisotopic (exact) mass is 368 g/mol. The van der Waals surface area contributed by atoms with Crippen molar-refractivity contribution in [2.45, 2.75) is 10.8 Å². The van der Waals surface area contributed by atoms with Crippen LogP contribution < -0.4 is 4.74 Å². The van der Waals surface area contributed by atoms with E-state index < -0.39 is 27.8 Å². The number of benzene rings is 1. The fraction of sp³-hybridized carbons (Fsp3) is 0.462. The van der Waals surface area contributed by atoms with E-state index >= 15 is 0 Å². The van der Waals surface area contributed by atoms with Crippen molar-refractivity contribution in [2.24, 2.45) is 0 Å². The number of hydrogen-bond donors (Lipinski definition) is 0. The van der Waals surface area contributed by atoms with Gasteiger partial charge in [0.2, 0.25) is 0 Å². The maximum atomic E-state index is 13.3. The highest BCUT2D eigenvalue weighted by Crippen LogP contribution is 2.23. The first-order chi connectivity index (χ1) is 10.7. The van der Waals surface area contributed by atoms with Crippen LogP contribution in [-0.2, 0) is 30.5 Å². The van der Waals surface area contributed by atoms with E-state index in [4.69, 9.17) is 4.74 Å². The van der Waals surface area contributed by atoms with Crippen LogP contribution >= 0.6 is 0 Å². The molecule has 1 aliphatic heterocycles. The first kappa shape index (κ1) is 18.1. The molecule has 1 heterocycles. The smallest absolute Gasteiger partial charge is 0.383 e. The Hall–Kier alpha value is -1.23.